The molecule has 0 aliphatic carbocycles. The molecule has 0 aliphatic rings. The van der Waals surface area contributed by atoms with Crippen molar-refractivity contribution in [1.29, 1.82) is 0 Å². The molecule has 0 aliphatic heterocycles. The minimum absolute atomic E-state index is 0. The van der Waals surface area contributed by atoms with Crippen molar-refractivity contribution in [1.82, 2.24) is 0 Å². The van der Waals surface area contributed by atoms with E-state index in [2.05, 4.69) is 13.5 Å². The van der Waals surface area contributed by atoms with Gasteiger partial charge in [-0.2, -0.15) is 0 Å². The van der Waals surface area contributed by atoms with Crippen molar-refractivity contribution < 1.29 is 19.1 Å². The van der Waals surface area contributed by atoms with E-state index < -0.39 is 8.56 Å². The zero-order valence-electron chi connectivity index (χ0n) is 9.76. The lowest BCUT2D eigenvalue weighted by Gasteiger charge is -2.22. The third-order valence-corrected chi connectivity index (χ3v) is 5.12. The molecular weight excluding hydrogens is 200 g/mol. The van der Waals surface area contributed by atoms with Gasteiger partial charge in [0.2, 0.25) is 0 Å². The van der Waals surface area contributed by atoms with E-state index in [0.29, 0.717) is 0 Å². The maximum Gasteiger partial charge on any atom is 0.334 e. The van der Waals surface area contributed by atoms with Gasteiger partial charge in [-0.1, -0.05) is 6.92 Å². The molecule has 88 valence electrons. The summed E-state index contributed by atoms with van der Waals surface area (Å²) in [6.45, 7) is 5.87. The summed E-state index contributed by atoms with van der Waals surface area (Å²) in [6.07, 6.45) is 2.12. The average molecular weight is 224 g/mol. The predicted molar refractivity (Wildman–Crippen MR) is 59.8 cm³/mol. The molecule has 0 aromatic heterocycles. The Balaban J connectivity index is 0. The van der Waals surface area contributed by atoms with E-state index in [4.69, 9.17) is 13.6 Å². The standard InChI is InChI=1S/C9H22O3Si.H2O/c1-5-7-12-8-6-9-13(4,10-2)11-3;/h5-9H2,1-4H3;1H2. The van der Waals surface area contributed by atoms with E-state index in [-0.39, 0.29) is 5.48 Å². The Morgan fingerprint density at radius 2 is 1.64 bits per heavy atom. The summed E-state index contributed by atoms with van der Waals surface area (Å²) in [5, 5.41) is 0. The van der Waals surface area contributed by atoms with Crippen molar-refractivity contribution in [3.05, 3.63) is 0 Å². The quantitative estimate of drug-likeness (QED) is 0.462. The molecule has 0 bridgehead atoms. The smallest absolute Gasteiger partial charge is 0.334 e. The molecule has 0 unspecified atom stereocenters. The Bertz CT molecular complexity index is 117. The summed E-state index contributed by atoms with van der Waals surface area (Å²) in [6, 6.07) is 1.00. The van der Waals surface area contributed by atoms with Crippen LogP contribution in [0.25, 0.3) is 0 Å². The molecule has 0 fully saturated rings. The summed E-state index contributed by atoms with van der Waals surface area (Å²) >= 11 is 0. The molecule has 4 nitrogen and oxygen atoms in total. The largest absolute Gasteiger partial charge is 0.412 e. The number of ether oxygens (including phenoxy) is 1. The fraction of sp³-hybridized carbons (Fsp3) is 1.00. The van der Waals surface area contributed by atoms with Crippen LogP contribution >= 0.6 is 0 Å². The van der Waals surface area contributed by atoms with Crippen molar-refractivity contribution in [2.24, 2.45) is 0 Å². The lowest BCUT2D eigenvalue weighted by Crippen LogP contribution is -2.36. The van der Waals surface area contributed by atoms with Crippen LogP contribution in [0, 0.1) is 0 Å². The molecule has 0 spiro atoms. The zero-order valence-corrected chi connectivity index (χ0v) is 10.8. The van der Waals surface area contributed by atoms with Gasteiger partial charge in [0, 0.05) is 27.4 Å². The first-order valence-corrected chi connectivity index (χ1v) is 7.39. The highest BCUT2D eigenvalue weighted by molar-refractivity contribution is 6.65. The topological polar surface area (TPSA) is 59.2 Å². The number of rotatable bonds is 8. The van der Waals surface area contributed by atoms with Gasteiger partial charge >= 0.3 is 8.56 Å². The average Bonchev–Trinajstić information content (AvgIpc) is 2.17. The lowest BCUT2D eigenvalue weighted by molar-refractivity contribution is 0.132. The molecule has 0 saturated carbocycles. The van der Waals surface area contributed by atoms with Gasteiger partial charge in [-0.05, 0) is 25.4 Å². The van der Waals surface area contributed by atoms with Crippen LogP contribution in [0.5, 0.6) is 0 Å². The van der Waals surface area contributed by atoms with Crippen molar-refractivity contribution in [3.63, 3.8) is 0 Å². The second-order valence-electron chi connectivity index (χ2n) is 3.26. The second-order valence-corrected chi connectivity index (χ2v) is 6.84. The van der Waals surface area contributed by atoms with Gasteiger partial charge in [0.25, 0.3) is 0 Å². The summed E-state index contributed by atoms with van der Waals surface area (Å²) < 4.78 is 16.1. The third kappa shape index (κ3) is 7.46. The molecule has 2 N–H and O–H groups in total. The maximum atomic E-state index is 5.38. The van der Waals surface area contributed by atoms with Crippen LogP contribution in [-0.4, -0.2) is 41.5 Å². The van der Waals surface area contributed by atoms with Gasteiger partial charge in [0.1, 0.15) is 0 Å². The normalized spacial score (nSPS) is 11.1. The van der Waals surface area contributed by atoms with Crippen LogP contribution < -0.4 is 0 Å². The van der Waals surface area contributed by atoms with Crippen LogP contribution in [0.1, 0.15) is 19.8 Å². The van der Waals surface area contributed by atoms with Crippen LogP contribution in [-0.2, 0) is 13.6 Å². The molecule has 0 aromatic rings. The van der Waals surface area contributed by atoms with Gasteiger partial charge in [-0.25, -0.2) is 0 Å². The SMILES string of the molecule is CCCOCCC[Si](C)(OC)OC.O. The fourth-order valence-electron chi connectivity index (χ4n) is 1.03. The Morgan fingerprint density at radius 1 is 1.07 bits per heavy atom. The molecule has 0 aromatic carbocycles. The van der Waals surface area contributed by atoms with Crippen molar-refractivity contribution in [2.45, 2.75) is 32.4 Å². The highest BCUT2D eigenvalue weighted by Gasteiger charge is 2.27. The minimum atomic E-state index is -1.84. The number of hydrogen-bond acceptors (Lipinski definition) is 3. The minimum Gasteiger partial charge on any atom is -0.412 e. The molecular formula is C9H24O4Si. The summed E-state index contributed by atoms with van der Waals surface area (Å²) in [7, 11) is 1.61. The molecule has 14 heavy (non-hydrogen) atoms. The molecule has 0 atom stereocenters. The van der Waals surface area contributed by atoms with Crippen LogP contribution in [0.3, 0.4) is 0 Å². The van der Waals surface area contributed by atoms with E-state index in [1.54, 1.807) is 14.2 Å². The second kappa shape index (κ2) is 9.61. The first-order valence-electron chi connectivity index (χ1n) is 4.86. The third-order valence-electron chi connectivity index (χ3n) is 2.13. The summed E-state index contributed by atoms with van der Waals surface area (Å²) in [4.78, 5) is 0. The summed E-state index contributed by atoms with van der Waals surface area (Å²) in [5.41, 5.74) is 0. The van der Waals surface area contributed by atoms with Crippen molar-refractivity contribution in [2.75, 3.05) is 27.4 Å². The van der Waals surface area contributed by atoms with E-state index in [0.717, 1.165) is 32.1 Å². The highest BCUT2D eigenvalue weighted by atomic mass is 28.4. The Kier molecular flexibility index (Phi) is 11.3. The number of hydrogen-bond donors (Lipinski definition) is 0. The monoisotopic (exact) mass is 224 g/mol. The molecule has 0 radical (unpaired) electrons. The Morgan fingerprint density at radius 3 is 2.07 bits per heavy atom. The predicted octanol–water partition coefficient (Wildman–Crippen LogP) is 1.34. The van der Waals surface area contributed by atoms with Gasteiger partial charge in [-0.15, -0.1) is 0 Å². The van der Waals surface area contributed by atoms with Crippen LogP contribution in [0.15, 0.2) is 0 Å². The molecule has 0 saturated heterocycles. The zero-order chi connectivity index (χ0) is 10.2. The molecule has 0 heterocycles. The van der Waals surface area contributed by atoms with Gasteiger partial charge in [-0.3, -0.25) is 0 Å². The fourth-order valence-corrected chi connectivity index (χ4v) is 2.39. The van der Waals surface area contributed by atoms with E-state index in [9.17, 15) is 0 Å². The van der Waals surface area contributed by atoms with Gasteiger partial charge < -0.3 is 19.1 Å². The maximum absolute atomic E-state index is 5.38. The van der Waals surface area contributed by atoms with E-state index in [1.165, 1.54) is 0 Å². The molecule has 0 amide bonds. The van der Waals surface area contributed by atoms with Crippen molar-refractivity contribution in [3.8, 4) is 0 Å². The molecule has 5 heteroatoms. The van der Waals surface area contributed by atoms with E-state index >= 15 is 0 Å². The summed E-state index contributed by atoms with van der Waals surface area (Å²) in [5.74, 6) is 0. The highest BCUT2D eigenvalue weighted by Crippen LogP contribution is 2.13. The van der Waals surface area contributed by atoms with Crippen molar-refractivity contribution >= 4 is 8.56 Å². The Labute approximate surface area is 88.1 Å². The lowest BCUT2D eigenvalue weighted by atomic mass is 10.5. The van der Waals surface area contributed by atoms with Crippen LogP contribution in [0.2, 0.25) is 12.6 Å². The molecule has 0 rings (SSSR count). The van der Waals surface area contributed by atoms with Gasteiger partial charge in [0.05, 0.1) is 0 Å². The van der Waals surface area contributed by atoms with Crippen LogP contribution in [0.4, 0.5) is 0 Å². The van der Waals surface area contributed by atoms with E-state index in [1.807, 2.05) is 0 Å². The Hall–Kier alpha value is 0.0569. The first-order chi connectivity index (χ1) is 6.18. The van der Waals surface area contributed by atoms with Gasteiger partial charge in [0.15, 0.2) is 0 Å². The first kappa shape index (κ1) is 16.5.